The van der Waals surface area contributed by atoms with Gasteiger partial charge in [-0.1, -0.05) is 151 Å². The van der Waals surface area contributed by atoms with E-state index in [2.05, 4.69) is 138 Å². The van der Waals surface area contributed by atoms with Crippen LogP contribution in [0.2, 0.25) is 0 Å². The molecule has 0 aromatic heterocycles. The van der Waals surface area contributed by atoms with Crippen LogP contribution in [0.1, 0.15) is 203 Å². The van der Waals surface area contributed by atoms with Gasteiger partial charge in [-0.05, 0) is 120 Å². The molecular formula is C42H88. The Hall–Kier alpha value is 0. The molecule has 0 saturated heterocycles. The van der Waals surface area contributed by atoms with Crippen LogP contribution in [0.3, 0.4) is 0 Å². The molecule has 42 heavy (non-hydrogen) atoms. The van der Waals surface area contributed by atoms with Crippen LogP contribution >= 0.6 is 0 Å². The molecule has 0 amide bonds. The first kappa shape index (κ1) is 44.1. The summed E-state index contributed by atoms with van der Waals surface area (Å²) in [5, 5.41) is 0. The molecule has 0 N–H and O–H groups in total. The van der Waals surface area contributed by atoms with Crippen molar-refractivity contribution in [1.82, 2.24) is 0 Å². The Morgan fingerprint density at radius 3 is 0.690 bits per heavy atom. The van der Waals surface area contributed by atoms with Crippen LogP contribution in [0.5, 0.6) is 0 Å². The van der Waals surface area contributed by atoms with Gasteiger partial charge in [0.1, 0.15) is 0 Å². The molecule has 2 fully saturated rings. The van der Waals surface area contributed by atoms with E-state index in [1.165, 1.54) is 64.2 Å². The van der Waals surface area contributed by atoms with Gasteiger partial charge >= 0.3 is 0 Å². The average Bonchev–Trinajstić information content (AvgIpc) is 2.72. The van der Waals surface area contributed by atoms with Crippen molar-refractivity contribution in [2.75, 3.05) is 0 Å². The number of hydrogen-bond acceptors (Lipinski definition) is 0. The van der Waals surface area contributed by atoms with Crippen molar-refractivity contribution in [2.24, 2.45) is 69.0 Å². The molecular weight excluding hydrogens is 504 g/mol. The first-order valence-corrected chi connectivity index (χ1v) is 18.9. The zero-order valence-corrected chi connectivity index (χ0v) is 33.7. The third-order valence-corrected chi connectivity index (χ3v) is 11.8. The predicted molar refractivity (Wildman–Crippen MR) is 197 cm³/mol. The summed E-state index contributed by atoms with van der Waals surface area (Å²) < 4.78 is 0. The maximum atomic E-state index is 2.39. The minimum Gasteiger partial charge on any atom is -0.0628 e. The summed E-state index contributed by atoms with van der Waals surface area (Å²) in [6.45, 7) is 46.8. The second kappa shape index (κ2) is 19.5. The smallest absolute Gasteiger partial charge is 0.0272 e. The lowest BCUT2D eigenvalue weighted by Crippen LogP contribution is -2.36. The van der Waals surface area contributed by atoms with E-state index in [1.54, 1.807) is 0 Å². The quantitative estimate of drug-likeness (QED) is 0.211. The Kier molecular flexibility index (Phi) is 20.5. The van der Waals surface area contributed by atoms with Crippen molar-refractivity contribution >= 4 is 0 Å². The van der Waals surface area contributed by atoms with Crippen LogP contribution in [-0.4, -0.2) is 0 Å². The SMILES string of the molecule is CC(C)CC(C)(C)C(C)C.CC(C)CC(C)(C)C(C)C.CC(C)CC1(C(C)C)CCC1.CC(C)CC1(C(C)C)CCC1. The Morgan fingerprint density at radius 1 is 0.405 bits per heavy atom. The van der Waals surface area contributed by atoms with Gasteiger partial charge in [-0.25, -0.2) is 0 Å². The molecule has 0 unspecified atom stereocenters. The minimum atomic E-state index is 0.522. The highest BCUT2D eigenvalue weighted by molar-refractivity contribution is 4.91. The monoisotopic (exact) mass is 593 g/mol. The molecule has 0 aliphatic heterocycles. The van der Waals surface area contributed by atoms with Gasteiger partial charge in [0.15, 0.2) is 0 Å². The van der Waals surface area contributed by atoms with Gasteiger partial charge in [0.05, 0.1) is 0 Å². The molecule has 0 atom stereocenters. The molecule has 2 aliphatic rings. The largest absolute Gasteiger partial charge is 0.0628 e. The average molecular weight is 593 g/mol. The Bertz CT molecular complexity index is 586. The highest BCUT2D eigenvalue weighted by Gasteiger charge is 2.40. The molecule has 0 aromatic rings. The van der Waals surface area contributed by atoms with E-state index >= 15 is 0 Å². The number of hydrogen-bond donors (Lipinski definition) is 0. The fourth-order valence-electron chi connectivity index (χ4n) is 7.50. The van der Waals surface area contributed by atoms with Gasteiger partial charge in [-0.3, -0.25) is 0 Å². The molecule has 0 radical (unpaired) electrons. The molecule has 0 heterocycles. The maximum absolute atomic E-state index is 2.39. The molecule has 2 rings (SSSR count). The normalized spacial score (nSPS) is 18.0. The zero-order valence-electron chi connectivity index (χ0n) is 33.7. The fraction of sp³-hybridized carbons (Fsp3) is 1.00. The van der Waals surface area contributed by atoms with Crippen LogP contribution in [0.4, 0.5) is 0 Å². The summed E-state index contributed by atoms with van der Waals surface area (Å²) in [5.74, 6) is 6.84. The summed E-state index contributed by atoms with van der Waals surface area (Å²) in [4.78, 5) is 0. The van der Waals surface area contributed by atoms with Gasteiger partial charge in [0, 0.05) is 0 Å². The van der Waals surface area contributed by atoms with Crippen LogP contribution in [-0.2, 0) is 0 Å². The lowest BCUT2D eigenvalue weighted by Gasteiger charge is -2.47. The lowest BCUT2D eigenvalue weighted by atomic mass is 9.59. The van der Waals surface area contributed by atoms with E-state index in [9.17, 15) is 0 Å². The third kappa shape index (κ3) is 16.9. The first-order valence-electron chi connectivity index (χ1n) is 18.9. The van der Waals surface area contributed by atoms with Crippen molar-refractivity contribution in [3.63, 3.8) is 0 Å². The van der Waals surface area contributed by atoms with Gasteiger partial charge in [-0.2, -0.15) is 0 Å². The third-order valence-electron chi connectivity index (χ3n) is 11.8. The molecule has 0 aromatic carbocycles. The molecule has 2 aliphatic carbocycles. The summed E-state index contributed by atoms with van der Waals surface area (Å²) >= 11 is 0. The zero-order chi connectivity index (χ0) is 33.7. The highest BCUT2D eigenvalue weighted by atomic mass is 14.5. The van der Waals surface area contributed by atoms with E-state index in [-0.39, 0.29) is 0 Å². The molecule has 2 saturated carbocycles. The number of rotatable bonds is 12. The molecule has 0 heteroatoms. The van der Waals surface area contributed by atoms with E-state index in [0.717, 1.165) is 58.2 Å². The van der Waals surface area contributed by atoms with Crippen molar-refractivity contribution < 1.29 is 0 Å². The van der Waals surface area contributed by atoms with Crippen LogP contribution in [0.15, 0.2) is 0 Å². The van der Waals surface area contributed by atoms with E-state index in [0.29, 0.717) is 10.8 Å². The van der Waals surface area contributed by atoms with Crippen LogP contribution in [0, 0.1) is 69.0 Å². The van der Waals surface area contributed by atoms with Gasteiger partial charge in [0.2, 0.25) is 0 Å². The molecule has 0 nitrogen and oxygen atoms in total. The van der Waals surface area contributed by atoms with E-state index in [1.807, 2.05) is 0 Å². The molecule has 256 valence electrons. The topological polar surface area (TPSA) is 0 Å². The van der Waals surface area contributed by atoms with Crippen LogP contribution in [0.25, 0.3) is 0 Å². The van der Waals surface area contributed by atoms with Crippen molar-refractivity contribution in [2.45, 2.75) is 203 Å². The van der Waals surface area contributed by atoms with Crippen molar-refractivity contribution in [3.8, 4) is 0 Å². The Labute approximate surface area is 271 Å². The Balaban J connectivity index is 0. The van der Waals surface area contributed by atoms with Crippen LogP contribution < -0.4 is 0 Å². The van der Waals surface area contributed by atoms with Gasteiger partial charge < -0.3 is 0 Å². The Morgan fingerprint density at radius 2 is 0.643 bits per heavy atom. The van der Waals surface area contributed by atoms with E-state index in [4.69, 9.17) is 0 Å². The lowest BCUT2D eigenvalue weighted by molar-refractivity contribution is 0.0424. The fourth-order valence-corrected chi connectivity index (χ4v) is 7.50. The highest BCUT2D eigenvalue weighted by Crippen LogP contribution is 2.52. The van der Waals surface area contributed by atoms with Gasteiger partial charge in [-0.15, -0.1) is 0 Å². The summed E-state index contributed by atoms with van der Waals surface area (Å²) in [6.07, 6.45) is 14.5. The van der Waals surface area contributed by atoms with Gasteiger partial charge in [0.25, 0.3) is 0 Å². The van der Waals surface area contributed by atoms with E-state index < -0.39 is 0 Å². The second-order valence-corrected chi connectivity index (χ2v) is 19.4. The standard InChI is InChI=1S/2C11H22.2C10H22/c2*1-9(2)8-11(10(3)4)6-5-7-11;2*1-8(2)7-10(5,6)9(3)4/h2*9-10H,5-8H2,1-4H3;2*8-9H,7H2,1-6H3. The first-order chi connectivity index (χ1) is 18.9. The maximum Gasteiger partial charge on any atom is -0.0272 e. The summed E-state index contributed by atoms with van der Waals surface area (Å²) in [7, 11) is 0. The summed E-state index contributed by atoms with van der Waals surface area (Å²) in [6, 6.07) is 0. The molecule has 0 spiro atoms. The second-order valence-electron chi connectivity index (χ2n) is 19.4. The summed E-state index contributed by atoms with van der Waals surface area (Å²) in [5.41, 5.74) is 2.53. The van der Waals surface area contributed by atoms with Crippen molar-refractivity contribution in [3.05, 3.63) is 0 Å². The predicted octanol–water partition coefficient (Wildman–Crippen LogP) is 15.1. The minimum absolute atomic E-state index is 0.522. The molecule has 0 bridgehead atoms. The van der Waals surface area contributed by atoms with Crippen molar-refractivity contribution in [1.29, 1.82) is 0 Å².